The van der Waals surface area contributed by atoms with Crippen LogP contribution >= 0.6 is 11.3 Å². The van der Waals surface area contributed by atoms with E-state index in [4.69, 9.17) is 5.73 Å². The lowest BCUT2D eigenvalue weighted by Gasteiger charge is -2.18. The van der Waals surface area contributed by atoms with E-state index in [0.717, 1.165) is 10.9 Å². The topological polar surface area (TPSA) is 43.8 Å². The first kappa shape index (κ1) is 13.1. The summed E-state index contributed by atoms with van der Waals surface area (Å²) in [5.41, 5.74) is 6.42. The lowest BCUT2D eigenvalue weighted by molar-refractivity contribution is 0.506. The van der Waals surface area contributed by atoms with E-state index in [1.54, 1.807) is 15.9 Å². The van der Waals surface area contributed by atoms with Gasteiger partial charge in [-0.3, -0.25) is 4.57 Å². The van der Waals surface area contributed by atoms with Crippen LogP contribution in [0, 0.1) is 11.6 Å². The van der Waals surface area contributed by atoms with E-state index in [2.05, 4.69) is 4.98 Å². The molecular formula is C14H13F2N3S. The van der Waals surface area contributed by atoms with Gasteiger partial charge < -0.3 is 5.73 Å². The highest BCUT2D eigenvalue weighted by Crippen LogP contribution is 2.33. The van der Waals surface area contributed by atoms with Gasteiger partial charge in [-0.1, -0.05) is 13.0 Å². The predicted octanol–water partition coefficient (Wildman–Crippen LogP) is 3.96. The maximum absolute atomic E-state index is 14.1. The highest BCUT2D eigenvalue weighted by Gasteiger charge is 2.22. The molecule has 0 spiro atoms. The zero-order valence-corrected chi connectivity index (χ0v) is 11.6. The number of fused-ring (bicyclic) bond motifs is 1. The summed E-state index contributed by atoms with van der Waals surface area (Å²) in [5.74, 6) is -1.59. The van der Waals surface area contributed by atoms with E-state index in [0.29, 0.717) is 11.9 Å². The summed E-state index contributed by atoms with van der Waals surface area (Å²) in [4.78, 5) is 5.18. The molecule has 2 aromatic heterocycles. The number of hydrogen-bond donors (Lipinski definition) is 1. The molecule has 1 aromatic carbocycles. The third kappa shape index (κ3) is 1.87. The fourth-order valence-corrected chi connectivity index (χ4v) is 3.35. The molecular weight excluding hydrogens is 280 g/mol. The van der Waals surface area contributed by atoms with Crippen LogP contribution in [0.5, 0.6) is 0 Å². The number of thiophene rings is 1. The number of nitrogens with zero attached hydrogens (tertiary/aromatic N) is 2. The van der Waals surface area contributed by atoms with E-state index < -0.39 is 11.6 Å². The molecule has 0 aliphatic carbocycles. The van der Waals surface area contributed by atoms with Crippen molar-refractivity contribution >= 4 is 28.3 Å². The molecule has 6 heteroatoms. The first-order valence-corrected chi connectivity index (χ1v) is 7.16. The SMILES string of the molecule is CCC(c1cccs1)n1c(N)nc2ccc(F)c(F)c21. The first-order chi connectivity index (χ1) is 9.63. The molecule has 3 aromatic rings. The zero-order chi connectivity index (χ0) is 14.3. The smallest absolute Gasteiger partial charge is 0.201 e. The van der Waals surface area contributed by atoms with E-state index in [1.807, 2.05) is 24.4 Å². The number of nitrogen functional groups attached to an aromatic ring is 1. The van der Waals surface area contributed by atoms with E-state index in [9.17, 15) is 8.78 Å². The molecule has 3 rings (SSSR count). The Kier molecular flexibility index (Phi) is 3.17. The summed E-state index contributed by atoms with van der Waals surface area (Å²) in [5, 5.41) is 1.95. The van der Waals surface area contributed by atoms with Crippen LogP contribution in [0.3, 0.4) is 0 Å². The number of hydrogen-bond acceptors (Lipinski definition) is 3. The number of imidazole rings is 1. The van der Waals surface area contributed by atoms with Gasteiger partial charge in [0, 0.05) is 4.88 Å². The monoisotopic (exact) mass is 293 g/mol. The molecule has 20 heavy (non-hydrogen) atoms. The van der Waals surface area contributed by atoms with Crippen molar-refractivity contribution in [1.82, 2.24) is 9.55 Å². The van der Waals surface area contributed by atoms with Gasteiger partial charge in [-0.15, -0.1) is 11.3 Å². The lowest BCUT2D eigenvalue weighted by Crippen LogP contribution is -2.12. The minimum absolute atomic E-state index is 0.128. The second-order valence-corrected chi connectivity index (χ2v) is 5.49. The van der Waals surface area contributed by atoms with Gasteiger partial charge >= 0.3 is 0 Å². The van der Waals surface area contributed by atoms with Crippen molar-refractivity contribution in [2.75, 3.05) is 5.73 Å². The Hall–Kier alpha value is -1.95. The van der Waals surface area contributed by atoms with Crippen LogP contribution in [0.1, 0.15) is 24.3 Å². The quantitative estimate of drug-likeness (QED) is 0.794. The van der Waals surface area contributed by atoms with Crippen molar-refractivity contribution in [2.24, 2.45) is 0 Å². The van der Waals surface area contributed by atoms with Gasteiger partial charge in [0.2, 0.25) is 5.95 Å². The summed E-state index contributed by atoms with van der Waals surface area (Å²) in [6.45, 7) is 1.98. The summed E-state index contributed by atoms with van der Waals surface area (Å²) < 4.78 is 29.2. The maximum Gasteiger partial charge on any atom is 0.201 e. The molecule has 0 radical (unpaired) electrons. The standard InChI is InChI=1S/C14H13F2N3S/c1-2-10(11-4-3-7-20-11)19-13-9(18-14(19)17)6-5-8(15)12(13)16/h3-7,10H,2H2,1H3,(H2,17,18). The van der Waals surface area contributed by atoms with Gasteiger partial charge in [-0.2, -0.15) is 0 Å². The van der Waals surface area contributed by atoms with Crippen molar-refractivity contribution in [3.8, 4) is 0 Å². The maximum atomic E-state index is 14.1. The third-order valence-corrected chi connectivity index (χ3v) is 4.31. The molecule has 0 aliphatic rings. The van der Waals surface area contributed by atoms with Crippen LogP contribution in [-0.4, -0.2) is 9.55 Å². The molecule has 0 bridgehead atoms. The van der Waals surface area contributed by atoms with E-state index >= 15 is 0 Å². The molecule has 0 amide bonds. The van der Waals surface area contributed by atoms with Crippen LogP contribution in [0.15, 0.2) is 29.6 Å². The Morgan fingerprint density at radius 1 is 1.35 bits per heavy atom. The highest BCUT2D eigenvalue weighted by atomic mass is 32.1. The number of nitrogens with two attached hydrogens (primary N) is 1. The molecule has 3 nitrogen and oxygen atoms in total. The predicted molar refractivity (Wildman–Crippen MR) is 76.8 cm³/mol. The number of halogens is 2. The molecule has 0 fully saturated rings. The minimum Gasteiger partial charge on any atom is -0.369 e. The van der Waals surface area contributed by atoms with E-state index in [-0.39, 0.29) is 17.5 Å². The second kappa shape index (κ2) is 4.86. The molecule has 2 N–H and O–H groups in total. The van der Waals surface area contributed by atoms with Crippen LogP contribution in [0.2, 0.25) is 0 Å². The van der Waals surface area contributed by atoms with Crippen LogP contribution in [0.4, 0.5) is 14.7 Å². The summed E-state index contributed by atoms with van der Waals surface area (Å²) in [6, 6.07) is 6.26. The number of benzene rings is 1. The third-order valence-electron chi connectivity index (χ3n) is 3.34. The second-order valence-electron chi connectivity index (χ2n) is 4.51. The number of aromatic nitrogens is 2. The largest absolute Gasteiger partial charge is 0.369 e. The van der Waals surface area contributed by atoms with Crippen molar-refractivity contribution < 1.29 is 8.78 Å². The fraction of sp³-hybridized carbons (Fsp3) is 0.214. The van der Waals surface area contributed by atoms with Crippen molar-refractivity contribution in [2.45, 2.75) is 19.4 Å². The van der Waals surface area contributed by atoms with E-state index in [1.165, 1.54) is 6.07 Å². The Bertz CT molecular complexity index is 749. The summed E-state index contributed by atoms with van der Waals surface area (Å²) in [6.07, 6.45) is 0.714. The molecule has 104 valence electrons. The normalized spacial score (nSPS) is 12.9. The van der Waals surface area contributed by atoms with Crippen molar-refractivity contribution in [1.29, 1.82) is 0 Å². The van der Waals surface area contributed by atoms with Gasteiger partial charge in [-0.05, 0) is 30.0 Å². The number of anilines is 1. The van der Waals surface area contributed by atoms with Gasteiger partial charge in [0.15, 0.2) is 11.6 Å². The molecule has 0 saturated heterocycles. The first-order valence-electron chi connectivity index (χ1n) is 6.28. The summed E-state index contributed by atoms with van der Waals surface area (Å²) >= 11 is 1.56. The van der Waals surface area contributed by atoms with Crippen LogP contribution < -0.4 is 5.73 Å². The van der Waals surface area contributed by atoms with Crippen molar-refractivity contribution in [3.05, 3.63) is 46.2 Å². The molecule has 0 aliphatic heterocycles. The Labute approximate surface area is 118 Å². The average Bonchev–Trinajstić information content (AvgIpc) is 3.05. The van der Waals surface area contributed by atoms with Gasteiger partial charge in [0.05, 0.1) is 11.6 Å². The Morgan fingerprint density at radius 3 is 2.80 bits per heavy atom. The highest BCUT2D eigenvalue weighted by molar-refractivity contribution is 7.10. The van der Waals surface area contributed by atoms with Crippen molar-refractivity contribution in [3.63, 3.8) is 0 Å². The lowest BCUT2D eigenvalue weighted by atomic mass is 10.1. The van der Waals surface area contributed by atoms with Crippen LogP contribution in [-0.2, 0) is 0 Å². The molecule has 1 unspecified atom stereocenters. The molecule has 2 heterocycles. The Morgan fingerprint density at radius 2 is 2.15 bits per heavy atom. The minimum atomic E-state index is -0.901. The average molecular weight is 293 g/mol. The zero-order valence-electron chi connectivity index (χ0n) is 10.8. The van der Waals surface area contributed by atoms with Gasteiger partial charge in [0.1, 0.15) is 5.52 Å². The molecule has 0 saturated carbocycles. The van der Waals surface area contributed by atoms with Gasteiger partial charge in [0.25, 0.3) is 0 Å². The van der Waals surface area contributed by atoms with Crippen LogP contribution in [0.25, 0.3) is 11.0 Å². The fourth-order valence-electron chi connectivity index (χ4n) is 2.45. The number of rotatable bonds is 3. The Balaban J connectivity index is 2.29. The molecule has 1 atom stereocenters. The summed E-state index contributed by atoms with van der Waals surface area (Å²) in [7, 11) is 0. The van der Waals surface area contributed by atoms with Gasteiger partial charge in [-0.25, -0.2) is 13.8 Å².